The smallest absolute Gasteiger partial charge is 0.254 e. The molecule has 1 saturated carbocycles. The molecule has 0 aliphatic heterocycles. The maximum Gasteiger partial charge on any atom is 0.254 e. The number of benzene rings is 1. The summed E-state index contributed by atoms with van der Waals surface area (Å²) in [5.41, 5.74) is 0.975. The first-order valence-electron chi connectivity index (χ1n) is 7.15. The lowest BCUT2D eigenvalue weighted by Gasteiger charge is -2.28. The molecule has 0 spiro atoms. The first kappa shape index (κ1) is 14.0. The van der Waals surface area contributed by atoms with E-state index in [2.05, 4.69) is 5.32 Å². The third-order valence-corrected chi connectivity index (χ3v) is 4.08. The molecule has 1 fully saturated rings. The minimum Gasteiger partial charge on any atom is -0.349 e. The van der Waals surface area contributed by atoms with Crippen LogP contribution in [0.4, 0.5) is 4.39 Å². The van der Waals surface area contributed by atoms with E-state index < -0.39 is 5.82 Å². The molecule has 0 heterocycles. The van der Waals surface area contributed by atoms with Crippen molar-refractivity contribution in [2.24, 2.45) is 5.92 Å². The van der Waals surface area contributed by atoms with E-state index in [1.54, 1.807) is 12.1 Å². The standard InChI is InChI=1S/C16H22FNO/c1-11-8-9-14(15(17)10-11)16(19)18-12(2)13-6-4-3-5-7-13/h8-10,12-13H,3-7H2,1-2H3,(H,18,19). The van der Waals surface area contributed by atoms with Gasteiger partial charge in [-0.1, -0.05) is 25.3 Å². The van der Waals surface area contributed by atoms with Crippen molar-refractivity contribution >= 4 is 5.91 Å². The topological polar surface area (TPSA) is 29.1 Å². The monoisotopic (exact) mass is 263 g/mol. The van der Waals surface area contributed by atoms with E-state index >= 15 is 0 Å². The highest BCUT2D eigenvalue weighted by atomic mass is 19.1. The van der Waals surface area contributed by atoms with Gasteiger partial charge in [0.05, 0.1) is 5.56 Å². The number of aryl methyl sites for hydroxylation is 1. The molecular formula is C16H22FNO. The van der Waals surface area contributed by atoms with Gasteiger partial charge in [0, 0.05) is 6.04 Å². The molecule has 1 aromatic carbocycles. The number of amides is 1. The summed E-state index contributed by atoms with van der Waals surface area (Å²) in [7, 11) is 0. The number of rotatable bonds is 3. The van der Waals surface area contributed by atoms with Gasteiger partial charge in [-0.05, 0) is 50.3 Å². The molecule has 1 unspecified atom stereocenters. The largest absolute Gasteiger partial charge is 0.349 e. The second kappa shape index (κ2) is 6.18. The Morgan fingerprint density at radius 1 is 1.32 bits per heavy atom. The fraction of sp³-hybridized carbons (Fsp3) is 0.562. The second-order valence-electron chi connectivity index (χ2n) is 5.64. The van der Waals surface area contributed by atoms with E-state index in [1.807, 2.05) is 13.8 Å². The van der Waals surface area contributed by atoms with Crippen molar-refractivity contribution in [3.8, 4) is 0 Å². The highest BCUT2D eigenvalue weighted by Crippen LogP contribution is 2.26. The summed E-state index contributed by atoms with van der Waals surface area (Å²) in [6.07, 6.45) is 6.10. The lowest BCUT2D eigenvalue weighted by Crippen LogP contribution is -2.39. The van der Waals surface area contributed by atoms with Gasteiger partial charge in [-0.15, -0.1) is 0 Å². The molecule has 2 rings (SSSR count). The maximum absolute atomic E-state index is 13.7. The average Bonchev–Trinajstić information content (AvgIpc) is 2.39. The zero-order valence-corrected chi connectivity index (χ0v) is 11.7. The van der Waals surface area contributed by atoms with Crippen LogP contribution in [0.3, 0.4) is 0 Å². The number of nitrogens with one attached hydrogen (secondary N) is 1. The van der Waals surface area contributed by atoms with Gasteiger partial charge in [0.1, 0.15) is 5.82 Å². The fourth-order valence-electron chi connectivity index (χ4n) is 2.84. The van der Waals surface area contributed by atoms with Crippen LogP contribution in [0.25, 0.3) is 0 Å². The molecule has 1 aromatic rings. The van der Waals surface area contributed by atoms with Crippen molar-refractivity contribution < 1.29 is 9.18 Å². The van der Waals surface area contributed by atoms with E-state index in [-0.39, 0.29) is 17.5 Å². The highest BCUT2D eigenvalue weighted by molar-refractivity contribution is 5.94. The SMILES string of the molecule is Cc1ccc(C(=O)NC(C)C2CCCCC2)c(F)c1. The predicted octanol–water partition coefficient (Wildman–Crippen LogP) is 3.83. The van der Waals surface area contributed by atoms with Gasteiger partial charge in [0.15, 0.2) is 0 Å². The summed E-state index contributed by atoms with van der Waals surface area (Å²) in [5.74, 6) is -0.199. The lowest BCUT2D eigenvalue weighted by molar-refractivity contribution is 0.0915. The summed E-state index contributed by atoms with van der Waals surface area (Å²) < 4.78 is 13.7. The van der Waals surface area contributed by atoms with Gasteiger partial charge < -0.3 is 5.32 Å². The maximum atomic E-state index is 13.7. The molecule has 1 atom stereocenters. The third-order valence-electron chi connectivity index (χ3n) is 4.08. The zero-order valence-electron chi connectivity index (χ0n) is 11.7. The second-order valence-corrected chi connectivity index (χ2v) is 5.64. The lowest BCUT2D eigenvalue weighted by atomic mass is 9.84. The minimum absolute atomic E-state index is 0.119. The summed E-state index contributed by atoms with van der Waals surface area (Å²) in [6.45, 7) is 3.84. The Bertz CT molecular complexity index is 452. The molecule has 0 bridgehead atoms. The number of carbonyl (C=O) groups excluding carboxylic acids is 1. The van der Waals surface area contributed by atoms with Gasteiger partial charge in [-0.25, -0.2) is 4.39 Å². The number of halogens is 1. The van der Waals surface area contributed by atoms with E-state index in [9.17, 15) is 9.18 Å². The Balaban J connectivity index is 1.99. The average molecular weight is 263 g/mol. The van der Waals surface area contributed by atoms with Gasteiger partial charge in [0.2, 0.25) is 0 Å². The van der Waals surface area contributed by atoms with Crippen LogP contribution in [-0.4, -0.2) is 11.9 Å². The van der Waals surface area contributed by atoms with Crippen LogP contribution in [0.2, 0.25) is 0 Å². The van der Waals surface area contributed by atoms with Crippen LogP contribution in [0, 0.1) is 18.7 Å². The number of carbonyl (C=O) groups is 1. The summed E-state index contributed by atoms with van der Waals surface area (Å²) >= 11 is 0. The van der Waals surface area contributed by atoms with Crippen molar-refractivity contribution in [1.82, 2.24) is 5.32 Å². The molecule has 0 radical (unpaired) electrons. The first-order valence-corrected chi connectivity index (χ1v) is 7.15. The molecule has 1 amide bonds. The summed E-state index contributed by atoms with van der Waals surface area (Å²) in [4.78, 5) is 12.1. The van der Waals surface area contributed by atoms with Gasteiger partial charge in [-0.2, -0.15) is 0 Å². The van der Waals surface area contributed by atoms with Crippen molar-refractivity contribution in [3.05, 3.63) is 35.1 Å². The molecule has 104 valence electrons. The first-order chi connectivity index (χ1) is 9.08. The van der Waals surface area contributed by atoms with Crippen LogP contribution < -0.4 is 5.32 Å². The normalized spacial score (nSPS) is 18.1. The Labute approximate surface area is 114 Å². The van der Waals surface area contributed by atoms with Crippen LogP contribution in [0.1, 0.15) is 54.9 Å². The predicted molar refractivity (Wildman–Crippen MR) is 74.6 cm³/mol. The van der Waals surface area contributed by atoms with Gasteiger partial charge in [0.25, 0.3) is 5.91 Å². The van der Waals surface area contributed by atoms with E-state index in [4.69, 9.17) is 0 Å². The summed E-state index contributed by atoms with van der Waals surface area (Å²) in [6, 6.07) is 4.85. The van der Waals surface area contributed by atoms with Crippen LogP contribution in [0.5, 0.6) is 0 Å². The third kappa shape index (κ3) is 3.55. The van der Waals surface area contributed by atoms with Crippen LogP contribution >= 0.6 is 0 Å². The molecule has 1 aliphatic carbocycles. The Morgan fingerprint density at radius 2 is 2.00 bits per heavy atom. The highest BCUT2D eigenvalue weighted by Gasteiger charge is 2.22. The molecule has 1 N–H and O–H groups in total. The molecule has 0 aromatic heterocycles. The van der Waals surface area contributed by atoms with Crippen molar-refractivity contribution in [3.63, 3.8) is 0 Å². The van der Waals surface area contributed by atoms with Gasteiger partial charge in [-0.3, -0.25) is 4.79 Å². The molecule has 0 saturated heterocycles. The molecule has 1 aliphatic rings. The Kier molecular flexibility index (Phi) is 4.56. The molecular weight excluding hydrogens is 241 g/mol. The molecule has 19 heavy (non-hydrogen) atoms. The minimum atomic E-state index is -0.437. The number of hydrogen-bond acceptors (Lipinski definition) is 1. The van der Waals surface area contributed by atoms with Crippen molar-refractivity contribution in [2.75, 3.05) is 0 Å². The fourth-order valence-corrected chi connectivity index (χ4v) is 2.84. The zero-order chi connectivity index (χ0) is 13.8. The Morgan fingerprint density at radius 3 is 2.63 bits per heavy atom. The Hall–Kier alpha value is -1.38. The van der Waals surface area contributed by atoms with E-state index in [0.29, 0.717) is 5.92 Å². The van der Waals surface area contributed by atoms with Crippen LogP contribution in [-0.2, 0) is 0 Å². The van der Waals surface area contributed by atoms with Crippen LogP contribution in [0.15, 0.2) is 18.2 Å². The van der Waals surface area contributed by atoms with Crippen molar-refractivity contribution in [1.29, 1.82) is 0 Å². The van der Waals surface area contributed by atoms with E-state index in [0.717, 1.165) is 18.4 Å². The number of hydrogen-bond donors (Lipinski definition) is 1. The summed E-state index contributed by atoms with van der Waals surface area (Å²) in [5, 5.41) is 2.95. The molecule has 3 heteroatoms. The van der Waals surface area contributed by atoms with E-state index in [1.165, 1.54) is 25.3 Å². The van der Waals surface area contributed by atoms with Gasteiger partial charge >= 0.3 is 0 Å². The van der Waals surface area contributed by atoms with Crippen molar-refractivity contribution in [2.45, 2.75) is 52.0 Å². The quantitative estimate of drug-likeness (QED) is 0.882. The molecule has 2 nitrogen and oxygen atoms in total.